The molecule has 5 rings (SSSR count). The Balaban J connectivity index is 0.000000251. The van der Waals surface area contributed by atoms with Gasteiger partial charge in [-0.15, -0.1) is 0 Å². The molecule has 1 fully saturated rings. The number of ketones is 1. The lowest BCUT2D eigenvalue weighted by molar-refractivity contribution is -0.132. The van der Waals surface area contributed by atoms with Gasteiger partial charge in [-0.1, -0.05) is 42.5 Å². The summed E-state index contributed by atoms with van der Waals surface area (Å²) in [6.45, 7) is 6.04. The number of Topliss-reactive ketones (excluding diaryl/α,β-unsaturated/α-hetero) is 1. The van der Waals surface area contributed by atoms with E-state index in [2.05, 4.69) is 4.90 Å². The standard InChI is InChI=1S/C24H23NO4.C12H15NO/c1-17(19-11-13-21(26)14-12-19)23(24(27)28)25(20-8-4-3-5-9-20)16-18-7-6-10-22(15-18)29-2;1-10(14)11-4-6-12(7-5-11)13-8-2-3-9-13/h3-15,26H,16H2,1-2H3,(H,27,28);4-7H,2-3,8-9H2,1H3/b23-17+;. The molecule has 4 aromatic rings. The summed E-state index contributed by atoms with van der Waals surface area (Å²) in [5.41, 5.74) is 5.23. The highest BCUT2D eigenvalue weighted by Crippen LogP contribution is 2.29. The first kappa shape index (κ1) is 30.9. The topological polar surface area (TPSA) is 90.3 Å². The molecule has 0 spiro atoms. The van der Waals surface area contributed by atoms with E-state index in [0.29, 0.717) is 17.9 Å². The van der Waals surface area contributed by atoms with Crippen LogP contribution in [0, 0.1) is 0 Å². The lowest BCUT2D eigenvalue weighted by Gasteiger charge is -2.27. The van der Waals surface area contributed by atoms with Crippen molar-refractivity contribution in [3.05, 3.63) is 126 Å². The Morgan fingerprint density at radius 2 is 1.44 bits per heavy atom. The van der Waals surface area contributed by atoms with Gasteiger partial charge in [-0.2, -0.15) is 0 Å². The van der Waals surface area contributed by atoms with Crippen LogP contribution in [0.4, 0.5) is 11.4 Å². The summed E-state index contributed by atoms with van der Waals surface area (Å²) in [5, 5.41) is 19.7. The Kier molecular flexibility index (Phi) is 10.6. The van der Waals surface area contributed by atoms with Crippen molar-refractivity contribution < 1.29 is 24.5 Å². The highest BCUT2D eigenvalue weighted by atomic mass is 16.5. The number of aliphatic carboxylic acids is 1. The fourth-order valence-corrected chi connectivity index (χ4v) is 5.07. The third kappa shape index (κ3) is 8.26. The van der Waals surface area contributed by atoms with Gasteiger partial charge in [0.2, 0.25) is 0 Å². The van der Waals surface area contributed by atoms with Crippen LogP contribution < -0.4 is 14.5 Å². The highest BCUT2D eigenvalue weighted by molar-refractivity contribution is 6.00. The van der Waals surface area contributed by atoms with Crippen molar-refractivity contribution in [1.82, 2.24) is 0 Å². The number of nitrogens with zero attached hydrogens (tertiary/aromatic N) is 2. The average molecular weight is 579 g/mol. The smallest absolute Gasteiger partial charge is 0.352 e. The first-order valence-electron chi connectivity index (χ1n) is 14.3. The van der Waals surface area contributed by atoms with E-state index in [0.717, 1.165) is 35.5 Å². The van der Waals surface area contributed by atoms with Gasteiger partial charge in [-0.05, 0) is 104 Å². The van der Waals surface area contributed by atoms with E-state index in [1.807, 2.05) is 78.9 Å². The number of hydrogen-bond acceptors (Lipinski definition) is 6. The molecule has 0 aromatic heterocycles. The highest BCUT2D eigenvalue weighted by Gasteiger charge is 2.23. The minimum atomic E-state index is -1.03. The Hall–Kier alpha value is -5.04. The molecule has 2 N–H and O–H groups in total. The predicted molar refractivity (Wildman–Crippen MR) is 172 cm³/mol. The summed E-state index contributed by atoms with van der Waals surface area (Å²) in [6, 6.07) is 31.4. The molecule has 222 valence electrons. The molecule has 7 nitrogen and oxygen atoms in total. The Morgan fingerprint density at radius 1 is 0.814 bits per heavy atom. The first-order chi connectivity index (χ1) is 20.8. The normalized spacial score (nSPS) is 13.0. The second-order valence-corrected chi connectivity index (χ2v) is 10.4. The van der Waals surface area contributed by atoms with Crippen molar-refractivity contribution in [2.45, 2.75) is 33.2 Å². The van der Waals surface area contributed by atoms with Gasteiger partial charge >= 0.3 is 5.97 Å². The lowest BCUT2D eigenvalue weighted by Crippen LogP contribution is -2.28. The van der Waals surface area contributed by atoms with E-state index >= 15 is 0 Å². The number of ether oxygens (including phenoxy) is 1. The number of carbonyl (C=O) groups is 2. The van der Waals surface area contributed by atoms with Crippen molar-refractivity contribution >= 4 is 28.7 Å². The van der Waals surface area contributed by atoms with Crippen LogP contribution in [-0.4, -0.2) is 42.2 Å². The van der Waals surface area contributed by atoms with Gasteiger partial charge in [0.05, 0.1) is 7.11 Å². The average Bonchev–Trinajstić information content (AvgIpc) is 3.57. The fraction of sp³-hybridized carbons (Fsp3) is 0.222. The number of aromatic hydroxyl groups is 1. The third-order valence-corrected chi connectivity index (χ3v) is 7.42. The van der Waals surface area contributed by atoms with Crippen molar-refractivity contribution in [2.24, 2.45) is 0 Å². The molecule has 43 heavy (non-hydrogen) atoms. The molecule has 0 bridgehead atoms. The van der Waals surface area contributed by atoms with Gasteiger partial charge in [0.1, 0.15) is 17.2 Å². The Morgan fingerprint density at radius 3 is 2.02 bits per heavy atom. The number of anilines is 2. The van der Waals surface area contributed by atoms with Gasteiger partial charge in [0.15, 0.2) is 5.78 Å². The van der Waals surface area contributed by atoms with Crippen LogP contribution in [0.2, 0.25) is 0 Å². The number of carboxylic acid groups (broad SMARTS) is 1. The second-order valence-electron chi connectivity index (χ2n) is 10.4. The maximum atomic E-state index is 12.3. The summed E-state index contributed by atoms with van der Waals surface area (Å²) < 4.78 is 5.31. The van der Waals surface area contributed by atoms with E-state index in [4.69, 9.17) is 4.74 Å². The number of hydrogen-bond donors (Lipinski definition) is 2. The molecule has 7 heteroatoms. The zero-order valence-corrected chi connectivity index (χ0v) is 24.9. The van der Waals surface area contributed by atoms with E-state index < -0.39 is 5.97 Å². The largest absolute Gasteiger partial charge is 0.508 e. The number of carbonyl (C=O) groups excluding carboxylic acids is 1. The maximum Gasteiger partial charge on any atom is 0.352 e. The van der Waals surface area contributed by atoms with Gasteiger partial charge < -0.3 is 24.7 Å². The summed E-state index contributed by atoms with van der Waals surface area (Å²) in [5.74, 6) is -0.0401. The molecule has 0 amide bonds. The second kappa shape index (κ2) is 14.7. The minimum absolute atomic E-state index is 0.134. The predicted octanol–water partition coefficient (Wildman–Crippen LogP) is 7.41. The maximum absolute atomic E-state index is 12.3. The molecule has 0 aliphatic carbocycles. The third-order valence-electron chi connectivity index (χ3n) is 7.42. The van der Waals surface area contributed by atoms with E-state index in [-0.39, 0.29) is 17.2 Å². The molecule has 0 saturated carbocycles. The van der Waals surface area contributed by atoms with Crippen LogP contribution >= 0.6 is 0 Å². The number of phenols is 1. The number of carboxylic acids is 1. The molecule has 1 heterocycles. The first-order valence-corrected chi connectivity index (χ1v) is 14.3. The zero-order valence-electron chi connectivity index (χ0n) is 24.9. The lowest BCUT2D eigenvalue weighted by atomic mass is 10.0. The Bertz CT molecular complexity index is 1540. The van der Waals surface area contributed by atoms with Crippen LogP contribution in [0.5, 0.6) is 11.5 Å². The molecule has 4 aromatic carbocycles. The number of para-hydroxylation sites is 1. The van der Waals surface area contributed by atoms with Gasteiger partial charge in [0, 0.05) is 36.6 Å². The molecular formula is C36H38N2O5. The number of allylic oxidation sites excluding steroid dienone is 1. The quantitative estimate of drug-likeness (QED) is 0.158. The summed E-state index contributed by atoms with van der Waals surface area (Å²) in [6.07, 6.45) is 2.57. The van der Waals surface area contributed by atoms with Crippen molar-refractivity contribution in [1.29, 1.82) is 0 Å². The van der Waals surface area contributed by atoms with Crippen molar-refractivity contribution in [2.75, 3.05) is 30.0 Å². The number of phenolic OH excluding ortho intramolecular Hbond substituents is 1. The molecular weight excluding hydrogens is 540 g/mol. The zero-order chi connectivity index (χ0) is 30.8. The Labute approximate surface area is 253 Å². The van der Waals surface area contributed by atoms with Crippen LogP contribution in [0.1, 0.15) is 48.2 Å². The number of methoxy groups -OCH3 is 1. The molecule has 0 atom stereocenters. The molecule has 1 aliphatic heterocycles. The van der Waals surface area contributed by atoms with Gasteiger partial charge in [-0.3, -0.25) is 4.79 Å². The monoisotopic (exact) mass is 578 g/mol. The van der Waals surface area contributed by atoms with E-state index in [1.54, 1.807) is 50.1 Å². The molecule has 1 saturated heterocycles. The van der Waals surface area contributed by atoms with Gasteiger partial charge in [0.25, 0.3) is 0 Å². The van der Waals surface area contributed by atoms with E-state index in [9.17, 15) is 19.8 Å². The minimum Gasteiger partial charge on any atom is -0.508 e. The van der Waals surface area contributed by atoms with Crippen molar-refractivity contribution in [3.8, 4) is 11.5 Å². The summed E-state index contributed by atoms with van der Waals surface area (Å²) >= 11 is 0. The summed E-state index contributed by atoms with van der Waals surface area (Å²) in [4.78, 5) is 27.5. The summed E-state index contributed by atoms with van der Waals surface area (Å²) in [7, 11) is 1.60. The molecule has 1 aliphatic rings. The van der Waals surface area contributed by atoms with Gasteiger partial charge in [-0.25, -0.2) is 4.79 Å². The van der Waals surface area contributed by atoms with Crippen molar-refractivity contribution in [3.63, 3.8) is 0 Å². The van der Waals surface area contributed by atoms with E-state index in [1.165, 1.54) is 18.5 Å². The number of benzene rings is 4. The number of rotatable bonds is 9. The van der Waals surface area contributed by atoms with Crippen LogP contribution in [0.15, 0.2) is 109 Å². The van der Waals surface area contributed by atoms with Crippen LogP contribution in [0.3, 0.4) is 0 Å². The fourth-order valence-electron chi connectivity index (χ4n) is 5.07. The van der Waals surface area contributed by atoms with Crippen LogP contribution in [0.25, 0.3) is 5.57 Å². The SMILES string of the molecule is CC(=O)c1ccc(N2CCCC2)cc1.COc1cccc(CN(/C(C(=O)O)=C(\C)c2ccc(O)cc2)c2ccccc2)c1. The van der Waals surface area contributed by atoms with Crippen LogP contribution in [-0.2, 0) is 11.3 Å². The molecule has 0 radical (unpaired) electrons. The molecule has 0 unspecified atom stereocenters.